The van der Waals surface area contributed by atoms with Gasteiger partial charge in [-0.15, -0.1) is 6.58 Å². The Morgan fingerprint density at radius 2 is 2.00 bits per heavy atom. The minimum absolute atomic E-state index is 0.211. The van der Waals surface area contributed by atoms with Crippen molar-refractivity contribution in [3.05, 3.63) is 12.2 Å². The topological polar surface area (TPSA) is 46.2 Å². The summed E-state index contributed by atoms with van der Waals surface area (Å²) in [5.41, 5.74) is 1.11. The predicted molar refractivity (Wildman–Crippen MR) is 52.0 cm³/mol. The Labute approximate surface area is 74.8 Å². The molecule has 0 aliphatic rings. The summed E-state index contributed by atoms with van der Waals surface area (Å²) in [5.74, 6) is 0.211. The van der Waals surface area contributed by atoms with Crippen molar-refractivity contribution in [1.29, 1.82) is 0 Å². The van der Waals surface area contributed by atoms with Gasteiger partial charge < -0.3 is 5.32 Å². The summed E-state index contributed by atoms with van der Waals surface area (Å²) in [6.07, 6.45) is 2.15. The van der Waals surface area contributed by atoms with E-state index < -0.39 is 9.84 Å². The summed E-state index contributed by atoms with van der Waals surface area (Å²) in [7, 11) is -2.81. The van der Waals surface area contributed by atoms with E-state index in [1.165, 1.54) is 6.26 Å². The number of rotatable bonds is 6. The molecule has 0 fully saturated rings. The Morgan fingerprint density at radius 1 is 1.42 bits per heavy atom. The lowest BCUT2D eigenvalue weighted by atomic mass is 10.2. The molecule has 0 saturated heterocycles. The molecule has 0 aromatic carbocycles. The fraction of sp³-hybridized carbons (Fsp3) is 0.750. The molecule has 72 valence electrons. The molecule has 1 N–H and O–H groups in total. The molecule has 0 aliphatic heterocycles. The maximum Gasteiger partial charge on any atom is 0.148 e. The van der Waals surface area contributed by atoms with E-state index in [0.29, 0.717) is 6.54 Å². The molecular weight excluding hydrogens is 174 g/mol. The molecule has 0 spiro atoms. The summed E-state index contributed by atoms with van der Waals surface area (Å²) in [4.78, 5) is 0. The van der Waals surface area contributed by atoms with Crippen molar-refractivity contribution in [1.82, 2.24) is 5.32 Å². The van der Waals surface area contributed by atoms with Gasteiger partial charge in [-0.2, -0.15) is 0 Å². The number of sulfone groups is 1. The highest BCUT2D eigenvalue weighted by atomic mass is 32.2. The van der Waals surface area contributed by atoms with Crippen LogP contribution in [0.3, 0.4) is 0 Å². The smallest absolute Gasteiger partial charge is 0.148 e. The second-order valence-electron chi connectivity index (χ2n) is 3.09. The predicted octanol–water partition coefficient (Wildman–Crippen LogP) is 0.587. The van der Waals surface area contributed by atoms with E-state index in [4.69, 9.17) is 0 Å². The van der Waals surface area contributed by atoms with E-state index in [1.807, 2.05) is 6.92 Å². The van der Waals surface area contributed by atoms with Crippen molar-refractivity contribution in [3.8, 4) is 0 Å². The molecule has 3 nitrogen and oxygen atoms in total. The van der Waals surface area contributed by atoms with Crippen LogP contribution in [0.4, 0.5) is 0 Å². The lowest BCUT2D eigenvalue weighted by molar-refractivity contribution is 0.596. The Bertz CT molecular complexity index is 231. The first kappa shape index (κ1) is 11.6. The zero-order valence-corrected chi connectivity index (χ0v) is 8.58. The molecular formula is C8H17NO2S. The Morgan fingerprint density at radius 3 is 2.42 bits per heavy atom. The number of nitrogens with one attached hydrogen (secondary N) is 1. The van der Waals surface area contributed by atoms with Gasteiger partial charge in [0.2, 0.25) is 0 Å². The first-order valence-electron chi connectivity index (χ1n) is 3.94. The third kappa shape index (κ3) is 9.65. The molecule has 0 heterocycles. The Hall–Kier alpha value is -0.350. The fourth-order valence-electron chi connectivity index (χ4n) is 0.684. The minimum atomic E-state index is -2.81. The average Bonchev–Trinajstić information content (AvgIpc) is 1.83. The Balaban J connectivity index is 3.29. The molecule has 4 heteroatoms. The van der Waals surface area contributed by atoms with Crippen LogP contribution in [0.15, 0.2) is 12.2 Å². The molecule has 0 aromatic heterocycles. The van der Waals surface area contributed by atoms with Gasteiger partial charge in [-0.3, -0.25) is 0 Å². The van der Waals surface area contributed by atoms with Crippen LogP contribution in [0, 0.1) is 0 Å². The van der Waals surface area contributed by atoms with Gasteiger partial charge in [-0.1, -0.05) is 5.57 Å². The highest BCUT2D eigenvalue weighted by Crippen LogP contribution is 1.91. The maximum atomic E-state index is 10.7. The van der Waals surface area contributed by atoms with Gasteiger partial charge in [-0.25, -0.2) is 8.42 Å². The largest absolute Gasteiger partial charge is 0.315 e. The van der Waals surface area contributed by atoms with Gasteiger partial charge in [0.1, 0.15) is 9.84 Å². The summed E-state index contributed by atoms with van der Waals surface area (Å²) >= 11 is 0. The quantitative estimate of drug-likeness (QED) is 0.493. The fourth-order valence-corrected chi connectivity index (χ4v) is 1.20. The monoisotopic (exact) mass is 191 g/mol. The standard InChI is InChI=1S/C8H17NO2S/c1-8(2)4-5-9-6-7-12(3,10)11/h9H,1,4-7H2,2-3H3. The van der Waals surface area contributed by atoms with Crippen molar-refractivity contribution in [2.75, 3.05) is 25.1 Å². The third-order valence-corrected chi connectivity index (χ3v) is 2.32. The zero-order valence-electron chi connectivity index (χ0n) is 7.76. The summed E-state index contributed by atoms with van der Waals surface area (Å²) in [5, 5.41) is 3.03. The van der Waals surface area contributed by atoms with Crippen LogP contribution in [-0.4, -0.2) is 33.5 Å². The van der Waals surface area contributed by atoms with Crippen LogP contribution in [0.1, 0.15) is 13.3 Å². The van der Waals surface area contributed by atoms with Crippen molar-refractivity contribution in [2.24, 2.45) is 0 Å². The van der Waals surface area contributed by atoms with E-state index in [2.05, 4.69) is 11.9 Å². The molecule has 0 atom stereocenters. The summed E-state index contributed by atoms with van der Waals surface area (Å²) < 4.78 is 21.3. The second kappa shape index (κ2) is 5.32. The van der Waals surface area contributed by atoms with Crippen molar-refractivity contribution in [3.63, 3.8) is 0 Å². The number of hydrogen-bond acceptors (Lipinski definition) is 3. The van der Waals surface area contributed by atoms with Crippen LogP contribution >= 0.6 is 0 Å². The van der Waals surface area contributed by atoms with Gasteiger partial charge in [0, 0.05) is 12.8 Å². The summed E-state index contributed by atoms with van der Waals surface area (Å²) in [6.45, 7) is 7.04. The average molecular weight is 191 g/mol. The molecule has 0 saturated carbocycles. The normalized spacial score (nSPS) is 11.5. The third-order valence-electron chi connectivity index (χ3n) is 1.38. The van der Waals surface area contributed by atoms with Crippen LogP contribution in [0.2, 0.25) is 0 Å². The van der Waals surface area contributed by atoms with Gasteiger partial charge >= 0.3 is 0 Å². The zero-order chi connectivity index (χ0) is 9.61. The van der Waals surface area contributed by atoms with Crippen molar-refractivity contribution < 1.29 is 8.42 Å². The second-order valence-corrected chi connectivity index (χ2v) is 5.35. The van der Waals surface area contributed by atoms with E-state index in [9.17, 15) is 8.42 Å². The van der Waals surface area contributed by atoms with Crippen LogP contribution in [0.25, 0.3) is 0 Å². The van der Waals surface area contributed by atoms with Gasteiger partial charge in [0.15, 0.2) is 0 Å². The van der Waals surface area contributed by atoms with Gasteiger partial charge in [0.25, 0.3) is 0 Å². The molecule has 0 rings (SSSR count). The van der Waals surface area contributed by atoms with E-state index in [-0.39, 0.29) is 5.75 Å². The highest BCUT2D eigenvalue weighted by Gasteiger charge is 1.99. The molecule has 0 radical (unpaired) electrons. The molecule has 12 heavy (non-hydrogen) atoms. The first-order valence-corrected chi connectivity index (χ1v) is 6.00. The van der Waals surface area contributed by atoms with E-state index >= 15 is 0 Å². The number of hydrogen-bond donors (Lipinski definition) is 1. The maximum absolute atomic E-state index is 10.7. The molecule has 0 unspecified atom stereocenters. The lowest BCUT2D eigenvalue weighted by Crippen LogP contribution is -2.23. The van der Waals surface area contributed by atoms with Crippen molar-refractivity contribution in [2.45, 2.75) is 13.3 Å². The van der Waals surface area contributed by atoms with Gasteiger partial charge in [-0.05, 0) is 19.9 Å². The summed E-state index contributed by atoms with van der Waals surface area (Å²) in [6, 6.07) is 0. The van der Waals surface area contributed by atoms with Crippen molar-refractivity contribution >= 4 is 9.84 Å². The highest BCUT2D eigenvalue weighted by molar-refractivity contribution is 7.90. The molecule has 0 aliphatic carbocycles. The van der Waals surface area contributed by atoms with Gasteiger partial charge in [0.05, 0.1) is 5.75 Å². The minimum Gasteiger partial charge on any atom is -0.315 e. The lowest BCUT2D eigenvalue weighted by Gasteiger charge is -2.02. The molecule has 0 bridgehead atoms. The molecule has 0 amide bonds. The van der Waals surface area contributed by atoms with Crippen LogP contribution in [-0.2, 0) is 9.84 Å². The van der Waals surface area contributed by atoms with E-state index in [1.54, 1.807) is 0 Å². The van der Waals surface area contributed by atoms with Crippen LogP contribution in [0.5, 0.6) is 0 Å². The van der Waals surface area contributed by atoms with Crippen LogP contribution < -0.4 is 5.32 Å². The van der Waals surface area contributed by atoms with E-state index in [0.717, 1.165) is 18.5 Å². The Kier molecular flexibility index (Phi) is 5.17. The molecule has 0 aromatic rings. The SMILES string of the molecule is C=C(C)CCNCCS(C)(=O)=O. The first-order chi connectivity index (χ1) is 5.42.